The van der Waals surface area contributed by atoms with Gasteiger partial charge in [0.2, 0.25) is 0 Å². The van der Waals surface area contributed by atoms with E-state index in [0.717, 1.165) is 41.1 Å². The largest absolute Gasteiger partial charge is 0.416 e. The van der Waals surface area contributed by atoms with Crippen LogP contribution in [-0.2, 0) is 12.6 Å². The lowest BCUT2D eigenvalue weighted by Gasteiger charge is -2.28. The Morgan fingerprint density at radius 3 is 2.37 bits per heavy atom. The summed E-state index contributed by atoms with van der Waals surface area (Å²) in [7, 11) is 1.84. The molecule has 0 spiro atoms. The van der Waals surface area contributed by atoms with Gasteiger partial charge in [0.15, 0.2) is 0 Å². The van der Waals surface area contributed by atoms with Crippen molar-refractivity contribution in [3.8, 4) is 0 Å². The monoisotopic (exact) mass is 413 g/mol. The number of alkyl halides is 3. The van der Waals surface area contributed by atoms with E-state index in [2.05, 4.69) is 22.2 Å². The summed E-state index contributed by atoms with van der Waals surface area (Å²) in [6.45, 7) is 4.14. The first-order valence-corrected chi connectivity index (χ1v) is 9.93. The second-order valence-corrected chi connectivity index (χ2v) is 7.28. The molecule has 2 aromatic carbocycles. The van der Waals surface area contributed by atoms with E-state index in [4.69, 9.17) is 0 Å². The quantitative estimate of drug-likeness (QED) is 0.575. The summed E-state index contributed by atoms with van der Waals surface area (Å²) in [4.78, 5) is 4.50. The lowest BCUT2D eigenvalue weighted by Crippen LogP contribution is -2.41. The van der Waals surface area contributed by atoms with Crippen molar-refractivity contribution in [2.75, 3.05) is 7.05 Å². The van der Waals surface area contributed by atoms with Crippen molar-refractivity contribution in [3.05, 3.63) is 95.8 Å². The zero-order chi connectivity index (χ0) is 21.6. The van der Waals surface area contributed by atoms with Gasteiger partial charge in [-0.2, -0.15) is 13.2 Å². The van der Waals surface area contributed by atoms with E-state index >= 15 is 0 Å². The molecule has 1 heterocycles. The van der Waals surface area contributed by atoms with Gasteiger partial charge in [-0.1, -0.05) is 55.1 Å². The number of nitrogens with zero attached hydrogens (tertiary/aromatic N) is 1. The van der Waals surface area contributed by atoms with Gasteiger partial charge >= 0.3 is 6.18 Å². The third-order valence-electron chi connectivity index (χ3n) is 5.25. The number of aryl methyl sites for hydroxylation is 1. The topological polar surface area (TPSA) is 36.4 Å². The fourth-order valence-electron chi connectivity index (χ4n) is 3.51. The van der Waals surface area contributed by atoms with Crippen molar-refractivity contribution in [1.82, 2.24) is 10.6 Å². The lowest BCUT2D eigenvalue weighted by atomic mass is 9.96. The fourth-order valence-corrected chi connectivity index (χ4v) is 3.51. The average Bonchev–Trinajstić information content (AvgIpc) is 3.28. The van der Waals surface area contributed by atoms with Gasteiger partial charge in [0.05, 0.1) is 11.6 Å². The number of rotatable bonds is 9. The molecular formula is C24H26F3N3. The van der Waals surface area contributed by atoms with Crippen LogP contribution in [0.3, 0.4) is 0 Å². The molecule has 0 saturated heterocycles. The smallest absolute Gasteiger partial charge is 0.390 e. The summed E-state index contributed by atoms with van der Waals surface area (Å²) in [5.41, 5.74) is 3.19. The van der Waals surface area contributed by atoms with Crippen LogP contribution in [0.5, 0.6) is 0 Å². The normalized spacial score (nSPS) is 15.5. The van der Waals surface area contributed by atoms with Crippen LogP contribution in [0, 0.1) is 0 Å². The van der Waals surface area contributed by atoms with Crippen LogP contribution in [0.1, 0.15) is 35.6 Å². The summed E-state index contributed by atoms with van der Waals surface area (Å²) >= 11 is 0. The summed E-state index contributed by atoms with van der Waals surface area (Å²) in [6.07, 6.45) is 1.61. The van der Waals surface area contributed by atoms with E-state index in [9.17, 15) is 13.2 Å². The van der Waals surface area contributed by atoms with Crippen LogP contribution >= 0.6 is 0 Å². The molecule has 0 saturated carbocycles. The molecule has 3 rings (SSSR count). The number of halogens is 3. The minimum Gasteiger partial charge on any atom is -0.390 e. The molecule has 2 aromatic rings. The number of aliphatic imine (C=N–C) groups is 1. The second-order valence-electron chi connectivity index (χ2n) is 7.28. The number of hydrogen-bond acceptors (Lipinski definition) is 3. The zero-order valence-corrected chi connectivity index (χ0v) is 16.9. The lowest BCUT2D eigenvalue weighted by molar-refractivity contribution is -0.137. The molecule has 3 nitrogen and oxygen atoms in total. The van der Waals surface area contributed by atoms with Crippen molar-refractivity contribution in [1.29, 1.82) is 0 Å². The van der Waals surface area contributed by atoms with E-state index in [1.54, 1.807) is 18.3 Å². The molecule has 158 valence electrons. The predicted octanol–water partition coefficient (Wildman–Crippen LogP) is 5.43. The van der Waals surface area contributed by atoms with E-state index in [-0.39, 0.29) is 12.1 Å². The standard InChI is InChI=1S/C24H26F3N3/c1-17(28-2)23(19-7-4-3-5-8-19)30-22(21-9-6-16-29-21)15-12-18-10-13-20(14-11-18)24(25,26)27/h3-8,10-11,13-14,16,22-23,28,30H,1,9,12,15H2,2H3. The Morgan fingerprint density at radius 2 is 1.80 bits per heavy atom. The minimum atomic E-state index is -4.32. The van der Waals surface area contributed by atoms with Gasteiger partial charge in [-0.25, -0.2) is 0 Å². The Bertz CT molecular complexity index is 900. The Hall–Kier alpha value is -2.86. The van der Waals surface area contributed by atoms with E-state index in [1.807, 2.05) is 43.5 Å². The molecule has 6 heteroatoms. The first-order valence-electron chi connectivity index (χ1n) is 9.93. The zero-order valence-electron chi connectivity index (χ0n) is 16.9. The average molecular weight is 413 g/mol. The molecule has 2 unspecified atom stereocenters. The minimum absolute atomic E-state index is 0.0300. The maximum atomic E-state index is 12.8. The number of nitrogens with one attached hydrogen (secondary N) is 2. The SMILES string of the molecule is C=C(NC)C(NC(CCc1ccc(C(F)(F)F)cc1)C1=NC=CC1)c1ccccc1. The highest BCUT2D eigenvalue weighted by atomic mass is 19.4. The Labute approximate surface area is 175 Å². The Balaban J connectivity index is 1.75. The molecule has 1 aliphatic rings. The molecule has 0 fully saturated rings. The van der Waals surface area contributed by atoms with Crippen molar-refractivity contribution >= 4 is 5.71 Å². The Kier molecular flexibility index (Phi) is 7.11. The Morgan fingerprint density at radius 1 is 1.10 bits per heavy atom. The van der Waals surface area contributed by atoms with Crippen molar-refractivity contribution in [3.63, 3.8) is 0 Å². The van der Waals surface area contributed by atoms with Gasteiger partial charge < -0.3 is 5.32 Å². The summed E-state index contributed by atoms with van der Waals surface area (Å²) in [6, 6.07) is 15.3. The number of hydrogen-bond donors (Lipinski definition) is 2. The van der Waals surface area contributed by atoms with Crippen molar-refractivity contribution < 1.29 is 13.2 Å². The molecule has 0 aromatic heterocycles. The first kappa shape index (κ1) is 21.8. The van der Waals surface area contributed by atoms with Crippen LogP contribution in [0.25, 0.3) is 0 Å². The fraction of sp³-hybridized carbons (Fsp3) is 0.292. The third-order valence-corrected chi connectivity index (χ3v) is 5.25. The molecule has 2 N–H and O–H groups in total. The molecule has 0 amide bonds. The molecular weight excluding hydrogens is 387 g/mol. The summed E-state index contributed by atoms with van der Waals surface area (Å²) < 4.78 is 38.4. The van der Waals surface area contributed by atoms with Gasteiger partial charge in [-0.15, -0.1) is 0 Å². The van der Waals surface area contributed by atoms with Crippen LogP contribution in [0.2, 0.25) is 0 Å². The molecule has 0 aliphatic carbocycles. The van der Waals surface area contributed by atoms with Crippen LogP contribution in [0.15, 0.2) is 84.1 Å². The number of benzene rings is 2. The van der Waals surface area contributed by atoms with Crippen LogP contribution in [0.4, 0.5) is 13.2 Å². The maximum Gasteiger partial charge on any atom is 0.416 e. The first-order chi connectivity index (χ1) is 14.4. The molecule has 1 aliphatic heterocycles. The van der Waals surface area contributed by atoms with Gasteiger partial charge in [-0.05, 0) is 36.1 Å². The highest BCUT2D eigenvalue weighted by Crippen LogP contribution is 2.29. The molecule has 0 radical (unpaired) electrons. The van der Waals surface area contributed by atoms with E-state index < -0.39 is 11.7 Å². The molecule has 30 heavy (non-hydrogen) atoms. The van der Waals surface area contributed by atoms with Crippen LogP contribution in [-0.4, -0.2) is 18.8 Å². The highest BCUT2D eigenvalue weighted by molar-refractivity contribution is 5.92. The molecule has 0 bridgehead atoms. The van der Waals surface area contributed by atoms with E-state index in [1.165, 1.54) is 0 Å². The van der Waals surface area contributed by atoms with Crippen molar-refractivity contribution in [2.45, 2.75) is 37.5 Å². The van der Waals surface area contributed by atoms with Crippen molar-refractivity contribution in [2.24, 2.45) is 4.99 Å². The number of likely N-dealkylation sites (N-methyl/N-ethyl adjacent to an activating group) is 1. The number of allylic oxidation sites excluding steroid dienone is 1. The third kappa shape index (κ3) is 5.60. The van der Waals surface area contributed by atoms with Gasteiger partial charge in [0, 0.05) is 37.1 Å². The summed E-state index contributed by atoms with van der Waals surface area (Å²) in [5.74, 6) is 0. The van der Waals surface area contributed by atoms with Gasteiger partial charge in [0.25, 0.3) is 0 Å². The second kappa shape index (κ2) is 9.76. The van der Waals surface area contributed by atoms with Gasteiger partial charge in [-0.3, -0.25) is 10.3 Å². The summed E-state index contributed by atoms with van der Waals surface area (Å²) in [5, 5.41) is 6.79. The highest BCUT2D eigenvalue weighted by Gasteiger charge is 2.30. The predicted molar refractivity (Wildman–Crippen MR) is 115 cm³/mol. The maximum absolute atomic E-state index is 12.8. The molecule has 2 atom stereocenters. The van der Waals surface area contributed by atoms with Gasteiger partial charge in [0.1, 0.15) is 0 Å². The van der Waals surface area contributed by atoms with Crippen LogP contribution < -0.4 is 10.6 Å². The van der Waals surface area contributed by atoms with E-state index in [0.29, 0.717) is 12.8 Å².